The molecule has 8 nitrogen and oxygen atoms in total. The maximum Gasteiger partial charge on any atom is 0.408 e. The number of nitrogens with one attached hydrogen (secondary N) is 2. The van der Waals surface area contributed by atoms with Gasteiger partial charge in [0.05, 0.1) is 6.42 Å². The minimum Gasteiger partial charge on any atom is -0.459 e. The zero-order valence-electron chi connectivity index (χ0n) is 18.4. The van der Waals surface area contributed by atoms with Crippen molar-refractivity contribution in [2.45, 2.75) is 51.5 Å². The van der Waals surface area contributed by atoms with Crippen LogP contribution in [0, 0.1) is 0 Å². The Labute approximate surface area is 187 Å². The quantitative estimate of drug-likeness (QED) is 0.458. The summed E-state index contributed by atoms with van der Waals surface area (Å²) in [7, 11) is 0. The van der Waals surface area contributed by atoms with Gasteiger partial charge in [-0.25, -0.2) is 9.59 Å². The van der Waals surface area contributed by atoms with E-state index < -0.39 is 42.1 Å². The molecule has 0 fully saturated rings. The van der Waals surface area contributed by atoms with Crippen molar-refractivity contribution in [1.29, 1.82) is 0 Å². The van der Waals surface area contributed by atoms with Crippen LogP contribution in [0.2, 0.25) is 0 Å². The van der Waals surface area contributed by atoms with E-state index in [9.17, 15) is 19.2 Å². The third-order valence-corrected chi connectivity index (χ3v) is 4.20. The summed E-state index contributed by atoms with van der Waals surface area (Å²) < 4.78 is 10.5. The van der Waals surface area contributed by atoms with Gasteiger partial charge in [-0.05, 0) is 31.9 Å². The number of hydrogen-bond acceptors (Lipinski definition) is 6. The average molecular weight is 440 g/mol. The Balaban J connectivity index is 2.06. The van der Waals surface area contributed by atoms with Crippen molar-refractivity contribution in [2.75, 3.05) is 0 Å². The summed E-state index contributed by atoms with van der Waals surface area (Å²) in [5.74, 6) is -1.40. The average Bonchev–Trinajstić information content (AvgIpc) is 2.75. The van der Waals surface area contributed by atoms with Crippen LogP contribution >= 0.6 is 0 Å². The van der Waals surface area contributed by atoms with Gasteiger partial charge in [-0.1, -0.05) is 60.7 Å². The van der Waals surface area contributed by atoms with Crippen molar-refractivity contribution in [3.05, 3.63) is 71.8 Å². The van der Waals surface area contributed by atoms with E-state index in [0.29, 0.717) is 11.8 Å². The number of hydrogen-bond donors (Lipinski definition) is 2. The molecule has 0 saturated heterocycles. The van der Waals surface area contributed by atoms with Crippen LogP contribution in [0.15, 0.2) is 60.7 Å². The number of ether oxygens (including phenoxy) is 2. The number of carbonyl (C=O) groups excluding carboxylic acids is 4. The van der Waals surface area contributed by atoms with E-state index in [1.807, 2.05) is 6.07 Å². The van der Waals surface area contributed by atoms with Crippen LogP contribution in [0.3, 0.4) is 0 Å². The molecule has 0 aliphatic heterocycles. The highest BCUT2D eigenvalue weighted by molar-refractivity contribution is 5.89. The lowest BCUT2D eigenvalue weighted by Gasteiger charge is -2.23. The van der Waals surface area contributed by atoms with E-state index >= 15 is 0 Å². The summed E-state index contributed by atoms with van der Waals surface area (Å²) >= 11 is 0. The van der Waals surface area contributed by atoms with E-state index in [4.69, 9.17) is 9.47 Å². The fraction of sp³-hybridized carbons (Fsp3) is 0.333. The molecule has 0 spiro atoms. The second kappa shape index (κ2) is 11.6. The van der Waals surface area contributed by atoms with E-state index in [0.717, 1.165) is 5.56 Å². The predicted molar refractivity (Wildman–Crippen MR) is 117 cm³/mol. The van der Waals surface area contributed by atoms with Gasteiger partial charge >= 0.3 is 12.1 Å². The Hall–Kier alpha value is -3.68. The zero-order valence-corrected chi connectivity index (χ0v) is 18.4. The molecule has 2 atom stereocenters. The smallest absolute Gasteiger partial charge is 0.408 e. The molecule has 8 heteroatoms. The largest absolute Gasteiger partial charge is 0.459 e. The Kier molecular flexibility index (Phi) is 8.95. The number of rotatable bonds is 9. The molecule has 0 unspecified atom stereocenters. The number of esters is 1. The van der Waals surface area contributed by atoms with Crippen LogP contribution in [0.5, 0.6) is 0 Å². The molecule has 0 bridgehead atoms. The Morgan fingerprint density at radius 2 is 1.53 bits per heavy atom. The van der Waals surface area contributed by atoms with Gasteiger partial charge in [-0.2, -0.15) is 0 Å². The molecule has 2 N–H and O–H groups in total. The van der Waals surface area contributed by atoms with E-state index in [-0.39, 0.29) is 6.61 Å². The summed E-state index contributed by atoms with van der Waals surface area (Å²) in [6.45, 7) is 5.01. The van der Waals surface area contributed by atoms with Crippen molar-refractivity contribution >= 4 is 24.3 Å². The standard InChI is InChI=1S/C24H28N2O6/c1-24(2,3)32-23(30)26-19(22(29)31-16-17-10-6-4-7-11-17)14-21(28)25-20(15-27)18-12-8-5-9-13-18/h4-13,15,19-20H,14,16H2,1-3H3,(H,25,28)(H,26,30)/t19-,20-/m0/s1. The number of aldehydes is 1. The van der Waals surface area contributed by atoms with Crippen molar-refractivity contribution in [3.8, 4) is 0 Å². The lowest BCUT2D eigenvalue weighted by molar-refractivity contribution is -0.149. The molecule has 0 heterocycles. The van der Waals surface area contributed by atoms with Crippen molar-refractivity contribution in [2.24, 2.45) is 0 Å². The first kappa shape index (κ1) is 24.6. The number of benzene rings is 2. The van der Waals surface area contributed by atoms with Crippen molar-refractivity contribution in [1.82, 2.24) is 10.6 Å². The first-order valence-electron chi connectivity index (χ1n) is 10.2. The van der Waals surface area contributed by atoms with Gasteiger partial charge in [-0.3, -0.25) is 4.79 Å². The predicted octanol–water partition coefficient (Wildman–Crippen LogP) is 3.07. The van der Waals surface area contributed by atoms with Gasteiger partial charge in [-0.15, -0.1) is 0 Å². The molecule has 2 aromatic rings. The Morgan fingerprint density at radius 1 is 0.938 bits per heavy atom. The lowest BCUT2D eigenvalue weighted by Crippen LogP contribution is -2.47. The second-order valence-electron chi connectivity index (χ2n) is 8.09. The van der Waals surface area contributed by atoms with Gasteiger partial charge in [0, 0.05) is 0 Å². The van der Waals surface area contributed by atoms with Crippen LogP contribution in [-0.4, -0.2) is 35.9 Å². The van der Waals surface area contributed by atoms with E-state index in [1.165, 1.54) is 0 Å². The summed E-state index contributed by atoms with van der Waals surface area (Å²) in [4.78, 5) is 48.9. The number of alkyl carbamates (subject to hydrolysis) is 1. The fourth-order valence-corrected chi connectivity index (χ4v) is 2.75. The van der Waals surface area contributed by atoms with Gasteiger partial charge in [0.15, 0.2) is 0 Å². The number of carbonyl (C=O) groups is 4. The van der Waals surface area contributed by atoms with E-state index in [1.54, 1.807) is 75.4 Å². The highest BCUT2D eigenvalue weighted by Gasteiger charge is 2.29. The third-order valence-electron chi connectivity index (χ3n) is 4.20. The zero-order chi connectivity index (χ0) is 23.6. The molecule has 2 amide bonds. The normalized spacial score (nSPS) is 12.7. The van der Waals surface area contributed by atoms with Gasteiger partial charge in [0.1, 0.15) is 30.6 Å². The number of amides is 2. The topological polar surface area (TPSA) is 111 Å². The molecule has 0 aliphatic carbocycles. The summed E-state index contributed by atoms with van der Waals surface area (Å²) in [5, 5.41) is 4.94. The molecule has 0 aliphatic rings. The summed E-state index contributed by atoms with van der Waals surface area (Å²) in [6.07, 6.45) is -0.691. The molecule has 2 aromatic carbocycles. The van der Waals surface area contributed by atoms with Crippen LogP contribution in [0.4, 0.5) is 4.79 Å². The maximum absolute atomic E-state index is 12.6. The van der Waals surface area contributed by atoms with Gasteiger partial charge in [0.25, 0.3) is 0 Å². The van der Waals surface area contributed by atoms with E-state index in [2.05, 4.69) is 10.6 Å². The fourth-order valence-electron chi connectivity index (χ4n) is 2.75. The minimum absolute atomic E-state index is 0.0191. The second-order valence-corrected chi connectivity index (χ2v) is 8.09. The maximum atomic E-state index is 12.6. The SMILES string of the molecule is CC(C)(C)OC(=O)N[C@@H](CC(=O)N[C@@H](C=O)c1ccccc1)C(=O)OCc1ccccc1. The molecule has 32 heavy (non-hydrogen) atoms. The molecular formula is C24H28N2O6. The van der Waals surface area contributed by atoms with Crippen molar-refractivity contribution < 1.29 is 28.7 Å². The van der Waals surface area contributed by atoms with Crippen LogP contribution in [0.1, 0.15) is 44.4 Å². The molecule has 2 rings (SSSR count). The first-order chi connectivity index (χ1) is 15.2. The molecule has 0 saturated carbocycles. The summed E-state index contributed by atoms with van der Waals surface area (Å²) in [5.41, 5.74) is 0.561. The minimum atomic E-state index is -1.29. The van der Waals surface area contributed by atoms with Crippen molar-refractivity contribution in [3.63, 3.8) is 0 Å². The molecular weight excluding hydrogens is 412 g/mol. The Morgan fingerprint density at radius 3 is 2.09 bits per heavy atom. The van der Waals surface area contributed by atoms with Gasteiger partial charge < -0.3 is 24.9 Å². The van der Waals surface area contributed by atoms with Crippen LogP contribution in [-0.2, 0) is 30.5 Å². The first-order valence-corrected chi connectivity index (χ1v) is 10.2. The highest BCUT2D eigenvalue weighted by Crippen LogP contribution is 2.12. The molecule has 0 radical (unpaired) electrons. The summed E-state index contributed by atoms with van der Waals surface area (Å²) in [6, 6.07) is 15.5. The molecule has 0 aromatic heterocycles. The van der Waals surface area contributed by atoms with Gasteiger partial charge in [0.2, 0.25) is 5.91 Å². The molecule has 170 valence electrons. The van der Waals surface area contributed by atoms with Crippen LogP contribution in [0.25, 0.3) is 0 Å². The highest BCUT2D eigenvalue weighted by atomic mass is 16.6. The Bertz CT molecular complexity index is 909. The third kappa shape index (κ3) is 8.59. The van der Waals surface area contributed by atoms with Crippen LogP contribution < -0.4 is 10.6 Å². The lowest BCUT2D eigenvalue weighted by atomic mass is 10.1. The monoisotopic (exact) mass is 440 g/mol.